The van der Waals surface area contributed by atoms with Gasteiger partial charge in [-0.2, -0.15) is 11.8 Å². The molecule has 0 fully saturated rings. The maximum Gasteiger partial charge on any atom is 0.0274 e. The topological polar surface area (TPSA) is 26.0 Å². The maximum atomic E-state index is 5.57. The van der Waals surface area contributed by atoms with Crippen molar-refractivity contribution in [3.63, 3.8) is 0 Å². The summed E-state index contributed by atoms with van der Waals surface area (Å²) in [6, 6.07) is 2.27. The fourth-order valence-electron chi connectivity index (χ4n) is 1.31. The van der Waals surface area contributed by atoms with Gasteiger partial charge in [0.25, 0.3) is 0 Å². The SMILES string of the molecule is NCc1cc2c(s1)CCSC2. The molecule has 1 nitrogen and oxygen atoms in total. The van der Waals surface area contributed by atoms with Gasteiger partial charge in [0.05, 0.1) is 0 Å². The smallest absolute Gasteiger partial charge is 0.0274 e. The Labute approximate surface area is 75.0 Å². The van der Waals surface area contributed by atoms with Gasteiger partial charge >= 0.3 is 0 Å². The van der Waals surface area contributed by atoms with Crippen LogP contribution in [0.15, 0.2) is 6.07 Å². The number of fused-ring (bicyclic) bond motifs is 1. The second-order valence-corrected chi connectivity index (χ2v) is 4.99. The van der Waals surface area contributed by atoms with E-state index in [1.54, 1.807) is 4.88 Å². The number of hydrogen-bond donors (Lipinski definition) is 1. The van der Waals surface area contributed by atoms with Gasteiger partial charge in [-0.15, -0.1) is 11.3 Å². The monoisotopic (exact) mass is 185 g/mol. The average molecular weight is 185 g/mol. The molecule has 60 valence electrons. The lowest BCUT2D eigenvalue weighted by molar-refractivity contribution is 1.10. The van der Waals surface area contributed by atoms with Crippen LogP contribution in [-0.4, -0.2) is 5.75 Å². The Balaban J connectivity index is 2.32. The van der Waals surface area contributed by atoms with Gasteiger partial charge in [0.1, 0.15) is 0 Å². The number of aryl methyl sites for hydroxylation is 1. The molecule has 0 atom stereocenters. The third kappa shape index (κ3) is 1.45. The lowest BCUT2D eigenvalue weighted by Gasteiger charge is -2.08. The van der Waals surface area contributed by atoms with Gasteiger partial charge in [0, 0.05) is 22.1 Å². The molecule has 1 aliphatic rings. The highest BCUT2D eigenvalue weighted by atomic mass is 32.2. The lowest BCUT2D eigenvalue weighted by atomic mass is 10.2. The Morgan fingerprint density at radius 2 is 2.45 bits per heavy atom. The normalized spacial score (nSPS) is 16.5. The Bertz CT molecular complexity index is 231. The molecule has 2 N–H and O–H groups in total. The summed E-state index contributed by atoms with van der Waals surface area (Å²) in [6.45, 7) is 0.711. The summed E-state index contributed by atoms with van der Waals surface area (Å²) in [6.07, 6.45) is 1.25. The van der Waals surface area contributed by atoms with Crippen molar-refractivity contribution in [3.8, 4) is 0 Å². The zero-order valence-corrected chi connectivity index (χ0v) is 7.93. The molecule has 3 heteroatoms. The highest BCUT2D eigenvalue weighted by Gasteiger charge is 2.12. The molecular weight excluding hydrogens is 174 g/mol. The maximum absolute atomic E-state index is 5.57. The molecule has 0 amide bonds. The number of thioether (sulfide) groups is 1. The first-order valence-electron chi connectivity index (χ1n) is 3.78. The molecule has 0 unspecified atom stereocenters. The molecule has 0 aromatic carbocycles. The molecule has 0 radical (unpaired) electrons. The average Bonchev–Trinajstić information content (AvgIpc) is 2.46. The van der Waals surface area contributed by atoms with Crippen LogP contribution in [0.3, 0.4) is 0 Å². The molecular formula is C8H11NS2. The Morgan fingerprint density at radius 1 is 1.55 bits per heavy atom. The quantitative estimate of drug-likeness (QED) is 0.724. The van der Waals surface area contributed by atoms with Crippen molar-refractivity contribution >= 4 is 23.1 Å². The van der Waals surface area contributed by atoms with Crippen molar-refractivity contribution in [2.45, 2.75) is 18.7 Å². The first-order chi connectivity index (χ1) is 5.40. The van der Waals surface area contributed by atoms with Crippen LogP contribution in [0, 0.1) is 0 Å². The summed E-state index contributed by atoms with van der Waals surface area (Å²) in [5, 5.41) is 0. The Hall–Kier alpha value is 0.01000. The molecule has 0 saturated carbocycles. The predicted octanol–water partition coefficient (Wildman–Crippen LogP) is 2.00. The molecule has 0 bridgehead atoms. The largest absolute Gasteiger partial charge is 0.326 e. The Morgan fingerprint density at radius 3 is 3.18 bits per heavy atom. The molecule has 2 heterocycles. The predicted molar refractivity (Wildman–Crippen MR) is 52.1 cm³/mol. The van der Waals surface area contributed by atoms with E-state index in [4.69, 9.17) is 5.73 Å². The minimum atomic E-state index is 0.711. The van der Waals surface area contributed by atoms with Crippen LogP contribution in [0.25, 0.3) is 0 Å². The van der Waals surface area contributed by atoms with E-state index in [0.29, 0.717) is 6.54 Å². The van der Waals surface area contributed by atoms with Gasteiger partial charge in [0.2, 0.25) is 0 Å². The van der Waals surface area contributed by atoms with Crippen molar-refractivity contribution in [1.29, 1.82) is 0 Å². The summed E-state index contributed by atoms with van der Waals surface area (Å²) in [7, 11) is 0. The Kier molecular flexibility index (Phi) is 2.20. The molecule has 1 aliphatic heterocycles. The van der Waals surface area contributed by atoms with Gasteiger partial charge in [-0.25, -0.2) is 0 Å². The van der Waals surface area contributed by atoms with Crippen LogP contribution in [-0.2, 0) is 18.7 Å². The lowest BCUT2D eigenvalue weighted by Crippen LogP contribution is -1.96. The summed E-state index contributed by atoms with van der Waals surface area (Å²) in [4.78, 5) is 2.92. The van der Waals surface area contributed by atoms with Gasteiger partial charge in [0.15, 0.2) is 0 Å². The highest BCUT2D eigenvalue weighted by Crippen LogP contribution is 2.31. The second-order valence-electron chi connectivity index (χ2n) is 2.67. The minimum Gasteiger partial charge on any atom is -0.326 e. The van der Waals surface area contributed by atoms with Gasteiger partial charge < -0.3 is 5.73 Å². The van der Waals surface area contributed by atoms with E-state index < -0.39 is 0 Å². The summed E-state index contributed by atoms with van der Waals surface area (Å²) in [5.74, 6) is 2.49. The zero-order chi connectivity index (χ0) is 7.68. The molecule has 0 saturated heterocycles. The first kappa shape index (κ1) is 7.65. The van der Waals surface area contributed by atoms with Gasteiger partial charge in [-0.05, 0) is 23.8 Å². The number of thiophene rings is 1. The second kappa shape index (κ2) is 3.17. The first-order valence-corrected chi connectivity index (χ1v) is 5.75. The van der Waals surface area contributed by atoms with Crippen LogP contribution in [0.2, 0.25) is 0 Å². The van der Waals surface area contributed by atoms with E-state index in [0.717, 1.165) is 0 Å². The van der Waals surface area contributed by atoms with Crippen molar-refractivity contribution < 1.29 is 0 Å². The fraction of sp³-hybridized carbons (Fsp3) is 0.500. The van der Waals surface area contributed by atoms with Crippen molar-refractivity contribution in [2.75, 3.05) is 5.75 Å². The van der Waals surface area contributed by atoms with Crippen LogP contribution < -0.4 is 5.73 Å². The van der Waals surface area contributed by atoms with E-state index in [-0.39, 0.29) is 0 Å². The highest BCUT2D eigenvalue weighted by molar-refractivity contribution is 7.98. The van der Waals surface area contributed by atoms with Crippen molar-refractivity contribution in [3.05, 3.63) is 21.4 Å². The van der Waals surface area contributed by atoms with E-state index in [1.165, 1.54) is 28.4 Å². The van der Waals surface area contributed by atoms with E-state index in [1.807, 2.05) is 23.1 Å². The fourth-order valence-corrected chi connectivity index (χ4v) is 3.57. The van der Waals surface area contributed by atoms with Crippen LogP contribution in [0.1, 0.15) is 15.3 Å². The summed E-state index contributed by atoms with van der Waals surface area (Å²) in [5.41, 5.74) is 7.10. The van der Waals surface area contributed by atoms with Gasteiger partial charge in [-0.1, -0.05) is 0 Å². The summed E-state index contributed by atoms with van der Waals surface area (Å²) >= 11 is 3.92. The minimum absolute atomic E-state index is 0.711. The standard InChI is InChI=1S/C8H11NS2/c9-4-7-3-6-5-10-2-1-8(6)11-7/h3H,1-2,4-5,9H2. The van der Waals surface area contributed by atoms with E-state index in [9.17, 15) is 0 Å². The molecule has 2 rings (SSSR count). The third-order valence-electron chi connectivity index (χ3n) is 1.88. The molecule has 1 aromatic rings. The number of nitrogens with two attached hydrogens (primary N) is 1. The van der Waals surface area contributed by atoms with Crippen LogP contribution >= 0.6 is 23.1 Å². The summed E-state index contributed by atoms with van der Waals surface area (Å²) < 4.78 is 0. The molecule has 11 heavy (non-hydrogen) atoms. The van der Waals surface area contributed by atoms with Crippen LogP contribution in [0.5, 0.6) is 0 Å². The van der Waals surface area contributed by atoms with Gasteiger partial charge in [-0.3, -0.25) is 0 Å². The molecule has 0 spiro atoms. The molecule has 1 aromatic heterocycles. The van der Waals surface area contributed by atoms with Crippen molar-refractivity contribution in [2.24, 2.45) is 5.73 Å². The van der Waals surface area contributed by atoms with Crippen LogP contribution in [0.4, 0.5) is 0 Å². The number of hydrogen-bond acceptors (Lipinski definition) is 3. The number of rotatable bonds is 1. The van der Waals surface area contributed by atoms with E-state index >= 15 is 0 Å². The molecule has 0 aliphatic carbocycles. The third-order valence-corrected chi connectivity index (χ3v) is 4.15. The van der Waals surface area contributed by atoms with E-state index in [2.05, 4.69) is 6.07 Å². The van der Waals surface area contributed by atoms with Crippen molar-refractivity contribution in [1.82, 2.24) is 0 Å². The zero-order valence-electron chi connectivity index (χ0n) is 6.30.